The summed E-state index contributed by atoms with van der Waals surface area (Å²) in [5, 5.41) is 12.2. The van der Waals surface area contributed by atoms with Crippen molar-refractivity contribution >= 4 is 93.3 Å². The van der Waals surface area contributed by atoms with Gasteiger partial charge in [0.1, 0.15) is 22.3 Å². The topological polar surface area (TPSA) is 29.5 Å². The maximum absolute atomic E-state index is 6.15. The van der Waals surface area contributed by atoms with E-state index in [4.69, 9.17) is 8.83 Å². The average Bonchev–Trinajstić information content (AvgIpc) is 3.99. The molecule has 0 N–H and O–H groups in total. The zero-order valence-electron chi connectivity index (χ0n) is 37.4. The van der Waals surface area contributed by atoms with Crippen molar-refractivity contribution in [3.63, 3.8) is 0 Å². The fourth-order valence-electron chi connectivity index (χ4n) is 10.6. The minimum Gasteiger partial charge on any atom is -0.456 e. The second-order valence-electron chi connectivity index (χ2n) is 18.0. The lowest BCUT2D eigenvalue weighted by atomic mass is 9.92. The number of hydrogen-bond acceptors (Lipinski definition) is 3. The van der Waals surface area contributed by atoms with E-state index < -0.39 is 0 Å². The molecule has 0 saturated carbocycles. The number of hydrogen-bond donors (Lipinski definition) is 0. The van der Waals surface area contributed by atoms with E-state index >= 15 is 0 Å². The van der Waals surface area contributed by atoms with Gasteiger partial charge in [-0.25, -0.2) is 0 Å². The molecule has 3 heteroatoms. The van der Waals surface area contributed by atoms with Crippen LogP contribution in [0.5, 0.6) is 0 Å². The van der Waals surface area contributed by atoms with E-state index in [-0.39, 0.29) is 0 Å². The van der Waals surface area contributed by atoms with Crippen LogP contribution in [0.1, 0.15) is 0 Å². The van der Waals surface area contributed by atoms with Crippen molar-refractivity contribution in [1.82, 2.24) is 0 Å². The molecule has 69 heavy (non-hydrogen) atoms. The first-order chi connectivity index (χ1) is 34.2. The average molecular weight is 880 g/mol. The molecule has 0 amide bonds. The summed E-state index contributed by atoms with van der Waals surface area (Å²) in [6.45, 7) is 0. The second-order valence-corrected chi connectivity index (χ2v) is 18.0. The van der Waals surface area contributed by atoms with E-state index in [1.165, 1.54) is 49.0 Å². The van der Waals surface area contributed by atoms with Gasteiger partial charge in [0, 0.05) is 38.6 Å². The van der Waals surface area contributed by atoms with Crippen LogP contribution in [-0.4, -0.2) is 0 Å². The molecule has 0 aliphatic rings. The first-order valence-electron chi connectivity index (χ1n) is 23.5. The summed E-state index contributed by atoms with van der Waals surface area (Å²) in [5.74, 6) is 0. The third-order valence-electron chi connectivity index (χ3n) is 14.1. The monoisotopic (exact) mass is 879 g/mol. The third-order valence-corrected chi connectivity index (χ3v) is 14.1. The highest BCUT2D eigenvalue weighted by Gasteiger charge is 2.16. The molecule has 0 aliphatic carbocycles. The molecule has 0 saturated heterocycles. The molecule has 14 rings (SSSR count). The Labute approximate surface area is 398 Å². The van der Waals surface area contributed by atoms with Gasteiger partial charge < -0.3 is 13.7 Å². The molecule has 0 bridgehead atoms. The summed E-state index contributed by atoms with van der Waals surface area (Å²) in [4.78, 5) is 2.34. The summed E-state index contributed by atoms with van der Waals surface area (Å²) in [6, 6.07) is 89.6. The van der Waals surface area contributed by atoms with E-state index in [9.17, 15) is 0 Å². The van der Waals surface area contributed by atoms with Gasteiger partial charge in [-0.2, -0.15) is 0 Å². The van der Waals surface area contributed by atoms with E-state index in [0.29, 0.717) is 0 Å². The van der Waals surface area contributed by atoms with Crippen LogP contribution in [0, 0.1) is 0 Å². The first-order valence-corrected chi connectivity index (χ1v) is 23.5. The third kappa shape index (κ3) is 6.58. The molecule has 0 spiro atoms. The minimum atomic E-state index is 0.899. The van der Waals surface area contributed by atoms with Gasteiger partial charge in [0.2, 0.25) is 0 Å². The van der Waals surface area contributed by atoms with Gasteiger partial charge in [0.05, 0.1) is 0 Å². The Morgan fingerprint density at radius 3 is 0.855 bits per heavy atom. The summed E-state index contributed by atoms with van der Waals surface area (Å²) in [7, 11) is 0. The molecule has 0 unspecified atom stereocenters. The molecule has 2 heterocycles. The summed E-state index contributed by atoms with van der Waals surface area (Å²) >= 11 is 0. The van der Waals surface area contributed by atoms with Crippen LogP contribution >= 0.6 is 0 Å². The first kappa shape index (κ1) is 39.0. The van der Waals surface area contributed by atoms with Crippen molar-refractivity contribution in [2.45, 2.75) is 0 Å². The Morgan fingerprint density at radius 2 is 0.449 bits per heavy atom. The van der Waals surface area contributed by atoms with E-state index in [1.54, 1.807) is 0 Å². The van der Waals surface area contributed by atoms with Crippen molar-refractivity contribution in [1.29, 1.82) is 0 Å². The molecular weight excluding hydrogens is 839 g/mol. The molecule has 0 radical (unpaired) electrons. The minimum absolute atomic E-state index is 0.899. The molecule has 14 aromatic rings. The van der Waals surface area contributed by atoms with Gasteiger partial charge in [-0.1, -0.05) is 170 Å². The number of benzene rings is 12. The normalized spacial score (nSPS) is 11.8. The van der Waals surface area contributed by atoms with Gasteiger partial charge >= 0.3 is 0 Å². The SMILES string of the molecule is c1ccc2c(c1)oc1ccc(-c3ccc(N(c4ccc(-c5ccc(-c6ccc7c8ccccc8c8ccccc8c7c6)cc5)cc4)c4ccc(-c5ccc6oc7ccccc7c6c5)cc4)cc3)cc12. The van der Waals surface area contributed by atoms with Crippen LogP contribution in [-0.2, 0) is 0 Å². The lowest BCUT2D eigenvalue weighted by Gasteiger charge is -2.26. The van der Waals surface area contributed by atoms with Crippen molar-refractivity contribution in [2.24, 2.45) is 0 Å². The lowest BCUT2D eigenvalue weighted by Crippen LogP contribution is -2.09. The van der Waals surface area contributed by atoms with Crippen molar-refractivity contribution in [3.8, 4) is 44.5 Å². The highest BCUT2D eigenvalue weighted by molar-refractivity contribution is 6.25. The molecule has 2 aromatic heterocycles. The van der Waals surface area contributed by atoms with Gasteiger partial charge in [-0.3, -0.25) is 0 Å². The van der Waals surface area contributed by atoms with Gasteiger partial charge in [0.15, 0.2) is 0 Å². The van der Waals surface area contributed by atoms with Crippen LogP contribution in [0.3, 0.4) is 0 Å². The maximum atomic E-state index is 6.15. The molecule has 0 aliphatic heterocycles. The summed E-state index contributed by atoms with van der Waals surface area (Å²) in [6.07, 6.45) is 0. The van der Waals surface area contributed by atoms with Gasteiger partial charge in [-0.05, 0) is 156 Å². The van der Waals surface area contributed by atoms with Crippen LogP contribution in [0.4, 0.5) is 17.1 Å². The van der Waals surface area contributed by atoms with E-state index in [2.05, 4.69) is 229 Å². The van der Waals surface area contributed by atoms with E-state index in [0.717, 1.165) is 88.8 Å². The Morgan fingerprint density at radius 1 is 0.188 bits per heavy atom. The number of rotatable bonds is 7. The van der Waals surface area contributed by atoms with Crippen LogP contribution in [0.25, 0.3) is 121 Å². The molecule has 3 nitrogen and oxygen atoms in total. The van der Waals surface area contributed by atoms with Crippen molar-refractivity contribution < 1.29 is 8.83 Å². The van der Waals surface area contributed by atoms with Gasteiger partial charge in [-0.15, -0.1) is 0 Å². The summed E-state index contributed by atoms with van der Waals surface area (Å²) < 4.78 is 12.3. The van der Waals surface area contributed by atoms with Crippen LogP contribution in [0.15, 0.2) is 258 Å². The Kier molecular flexibility index (Phi) is 8.90. The largest absolute Gasteiger partial charge is 0.456 e. The molecule has 0 fully saturated rings. The fourth-order valence-corrected chi connectivity index (χ4v) is 10.6. The second kappa shape index (κ2) is 15.7. The maximum Gasteiger partial charge on any atom is 0.135 e. The Hall–Kier alpha value is -9.18. The standard InChI is InChI=1S/C66H41NO2/c1-2-11-55-53(9-1)54-10-3-4-12-56(54)60-39-47(27-36-57(55)60)44-19-17-42(18-20-44)43-21-30-50(31-22-43)67(51-32-23-45(24-33-51)48-28-37-65-61(40-48)58-13-5-7-15-63(58)68-65)52-34-25-46(26-35-52)49-29-38-66-62(41-49)59-14-6-8-16-64(59)69-66/h1-41H. The number of furan rings is 2. The number of para-hydroxylation sites is 2. The smallest absolute Gasteiger partial charge is 0.135 e. The molecule has 322 valence electrons. The fraction of sp³-hybridized carbons (Fsp3) is 0. The number of fused-ring (bicyclic) bond motifs is 12. The number of nitrogens with zero attached hydrogens (tertiary/aromatic N) is 1. The highest BCUT2D eigenvalue weighted by atomic mass is 16.3. The van der Waals surface area contributed by atoms with Crippen molar-refractivity contribution in [2.75, 3.05) is 4.90 Å². The predicted molar refractivity (Wildman–Crippen MR) is 290 cm³/mol. The quantitative estimate of drug-likeness (QED) is 0.149. The molecular formula is C66H41NO2. The predicted octanol–water partition coefficient (Wildman–Crippen LogP) is 19.1. The highest BCUT2D eigenvalue weighted by Crippen LogP contribution is 2.41. The zero-order chi connectivity index (χ0) is 45.4. The summed E-state index contributed by atoms with van der Waals surface area (Å²) in [5.41, 5.74) is 16.2. The molecule has 0 atom stereocenters. The number of anilines is 3. The van der Waals surface area contributed by atoms with Crippen molar-refractivity contribution in [3.05, 3.63) is 249 Å². The zero-order valence-corrected chi connectivity index (χ0v) is 37.4. The van der Waals surface area contributed by atoms with Gasteiger partial charge in [0.25, 0.3) is 0 Å². The Balaban J connectivity index is 0.801. The lowest BCUT2D eigenvalue weighted by molar-refractivity contribution is 0.668. The Bertz CT molecular complexity index is 4080. The van der Waals surface area contributed by atoms with E-state index in [1.807, 2.05) is 24.3 Å². The van der Waals surface area contributed by atoms with Crippen LogP contribution in [0.2, 0.25) is 0 Å². The van der Waals surface area contributed by atoms with Crippen LogP contribution < -0.4 is 4.90 Å². The molecule has 12 aromatic carbocycles.